The molecule has 0 aliphatic heterocycles. The standard InChI is InChI=1S/C12H11ClN4O3/c1-2-7-6-10(16-15-7)14-12(18)8-4-3-5-9(13)11(8)17(19)20/h3-6H,2H2,1H3,(H2,14,15,16,18). The SMILES string of the molecule is CCc1cc(NC(=O)c2cccc(Cl)c2[N+](=O)[O-])n[nH]1. The van der Waals surface area contributed by atoms with Crippen molar-refractivity contribution in [1.82, 2.24) is 10.2 Å². The Morgan fingerprint density at radius 1 is 1.55 bits per heavy atom. The van der Waals surface area contributed by atoms with E-state index in [2.05, 4.69) is 15.5 Å². The summed E-state index contributed by atoms with van der Waals surface area (Å²) in [6, 6.07) is 5.84. The number of carbonyl (C=O) groups excluding carboxylic acids is 1. The van der Waals surface area contributed by atoms with Gasteiger partial charge in [-0.1, -0.05) is 24.6 Å². The number of nitrogens with one attached hydrogen (secondary N) is 2. The Morgan fingerprint density at radius 3 is 2.90 bits per heavy atom. The summed E-state index contributed by atoms with van der Waals surface area (Å²) in [5.74, 6) is -0.325. The summed E-state index contributed by atoms with van der Waals surface area (Å²) in [5, 5.41) is 20.0. The van der Waals surface area contributed by atoms with Crippen LogP contribution in [0.5, 0.6) is 0 Å². The Hall–Kier alpha value is -2.41. The molecule has 0 spiro atoms. The molecule has 1 heterocycles. The number of aryl methyl sites for hydroxylation is 1. The first-order chi connectivity index (χ1) is 9.52. The second-order valence-corrected chi connectivity index (χ2v) is 4.39. The Kier molecular flexibility index (Phi) is 3.99. The second-order valence-electron chi connectivity index (χ2n) is 3.98. The molecule has 0 saturated carbocycles. The lowest BCUT2D eigenvalue weighted by Crippen LogP contribution is -2.14. The molecular weight excluding hydrogens is 284 g/mol. The molecule has 1 aromatic carbocycles. The van der Waals surface area contributed by atoms with Crippen LogP contribution in [0.25, 0.3) is 0 Å². The van der Waals surface area contributed by atoms with Gasteiger partial charge in [-0.25, -0.2) is 0 Å². The van der Waals surface area contributed by atoms with Gasteiger partial charge in [-0.3, -0.25) is 20.0 Å². The predicted molar refractivity (Wildman–Crippen MR) is 74.0 cm³/mol. The van der Waals surface area contributed by atoms with Gasteiger partial charge >= 0.3 is 5.69 Å². The fourth-order valence-corrected chi connectivity index (χ4v) is 1.92. The Bertz CT molecular complexity index is 668. The molecule has 8 heteroatoms. The van der Waals surface area contributed by atoms with Crippen LogP contribution in [-0.2, 0) is 6.42 Å². The minimum atomic E-state index is -0.681. The van der Waals surface area contributed by atoms with Crippen LogP contribution in [0.4, 0.5) is 11.5 Å². The van der Waals surface area contributed by atoms with Crippen molar-refractivity contribution in [3.8, 4) is 0 Å². The predicted octanol–water partition coefficient (Wildman–Crippen LogP) is 2.79. The summed E-state index contributed by atoms with van der Waals surface area (Å²) in [7, 11) is 0. The van der Waals surface area contributed by atoms with Crippen molar-refractivity contribution >= 4 is 29.0 Å². The number of carbonyl (C=O) groups is 1. The van der Waals surface area contributed by atoms with Gasteiger partial charge in [0.05, 0.1) is 4.92 Å². The molecule has 0 radical (unpaired) electrons. The minimum Gasteiger partial charge on any atom is -0.305 e. The molecule has 1 aromatic heterocycles. The zero-order chi connectivity index (χ0) is 14.7. The molecule has 1 amide bonds. The molecule has 7 nitrogen and oxygen atoms in total. The van der Waals surface area contributed by atoms with Gasteiger partial charge in [-0.05, 0) is 18.6 Å². The third kappa shape index (κ3) is 2.77. The molecule has 0 atom stereocenters. The number of nitrogens with zero attached hydrogens (tertiary/aromatic N) is 2. The number of hydrogen-bond acceptors (Lipinski definition) is 4. The van der Waals surface area contributed by atoms with Crippen molar-refractivity contribution in [1.29, 1.82) is 0 Å². The smallest absolute Gasteiger partial charge is 0.300 e. The lowest BCUT2D eigenvalue weighted by Gasteiger charge is -2.04. The fourth-order valence-electron chi connectivity index (χ4n) is 1.67. The third-order valence-electron chi connectivity index (χ3n) is 2.67. The molecular formula is C12H11ClN4O3. The number of nitro groups is 1. The van der Waals surface area contributed by atoms with E-state index >= 15 is 0 Å². The number of hydrogen-bond donors (Lipinski definition) is 2. The lowest BCUT2D eigenvalue weighted by molar-refractivity contribution is -0.385. The number of H-pyrrole nitrogens is 1. The number of aromatic amines is 1. The van der Waals surface area contributed by atoms with Gasteiger partial charge in [0, 0.05) is 11.8 Å². The number of anilines is 1. The lowest BCUT2D eigenvalue weighted by atomic mass is 10.1. The van der Waals surface area contributed by atoms with Gasteiger partial charge in [-0.15, -0.1) is 0 Å². The van der Waals surface area contributed by atoms with E-state index in [1.54, 1.807) is 6.07 Å². The minimum absolute atomic E-state index is 0.0843. The highest BCUT2D eigenvalue weighted by molar-refractivity contribution is 6.33. The topological polar surface area (TPSA) is 101 Å². The Balaban J connectivity index is 2.29. The first kappa shape index (κ1) is 14.0. The molecule has 0 aliphatic rings. The molecule has 20 heavy (non-hydrogen) atoms. The number of amides is 1. The van der Waals surface area contributed by atoms with Crippen LogP contribution in [0.1, 0.15) is 23.0 Å². The van der Waals surface area contributed by atoms with E-state index < -0.39 is 16.5 Å². The maximum Gasteiger partial charge on any atom is 0.300 e. The molecule has 0 unspecified atom stereocenters. The number of para-hydroxylation sites is 1. The van der Waals surface area contributed by atoms with Crippen molar-refractivity contribution in [2.24, 2.45) is 0 Å². The summed E-state index contributed by atoms with van der Waals surface area (Å²) in [4.78, 5) is 22.3. The highest BCUT2D eigenvalue weighted by atomic mass is 35.5. The van der Waals surface area contributed by atoms with Crippen molar-refractivity contribution in [2.75, 3.05) is 5.32 Å². The van der Waals surface area contributed by atoms with E-state index in [1.807, 2.05) is 6.92 Å². The summed E-state index contributed by atoms with van der Waals surface area (Å²) in [6.45, 7) is 1.93. The summed E-state index contributed by atoms with van der Waals surface area (Å²) >= 11 is 5.75. The van der Waals surface area contributed by atoms with Crippen LogP contribution < -0.4 is 5.32 Å². The monoisotopic (exact) mass is 294 g/mol. The maximum atomic E-state index is 12.1. The summed E-state index contributed by atoms with van der Waals surface area (Å²) in [5.41, 5.74) is 0.322. The average molecular weight is 295 g/mol. The van der Waals surface area contributed by atoms with Gasteiger partial charge in [0.25, 0.3) is 5.91 Å². The van der Waals surface area contributed by atoms with Gasteiger partial charge in [0.2, 0.25) is 0 Å². The van der Waals surface area contributed by atoms with Gasteiger partial charge in [0.1, 0.15) is 10.6 Å². The van der Waals surface area contributed by atoms with Gasteiger partial charge in [0.15, 0.2) is 5.82 Å². The molecule has 2 N–H and O–H groups in total. The molecule has 2 aromatic rings. The zero-order valence-electron chi connectivity index (χ0n) is 10.5. The summed E-state index contributed by atoms with van der Waals surface area (Å²) < 4.78 is 0. The summed E-state index contributed by atoms with van der Waals surface area (Å²) in [6.07, 6.45) is 0.736. The Morgan fingerprint density at radius 2 is 2.30 bits per heavy atom. The van der Waals surface area contributed by atoms with Crippen molar-refractivity contribution in [2.45, 2.75) is 13.3 Å². The van der Waals surface area contributed by atoms with E-state index in [1.165, 1.54) is 18.2 Å². The van der Waals surface area contributed by atoms with Crippen LogP contribution in [-0.4, -0.2) is 21.0 Å². The van der Waals surface area contributed by atoms with E-state index in [9.17, 15) is 14.9 Å². The first-order valence-electron chi connectivity index (χ1n) is 5.81. The zero-order valence-corrected chi connectivity index (χ0v) is 11.3. The van der Waals surface area contributed by atoms with Crippen LogP contribution in [0.3, 0.4) is 0 Å². The van der Waals surface area contributed by atoms with E-state index in [-0.39, 0.29) is 10.6 Å². The number of nitro benzene ring substituents is 1. The van der Waals surface area contributed by atoms with Gasteiger partial charge in [-0.2, -0.15) is 5.10 Å². The molecule has 2 rings (SSSR count). The third-order valence-corrected chi connectivity index (χ3v) is 2.97. The Labute approximate surface area is 119 Å². The van der Waals surface area contributed by atoms with Crippen LogP contribution >= 0.6 is 11.6 Å². The van der Waals surface area contributed by atoms with E-state index in [0.29, 0.717) is 5.82 Å². The van der Waals surface area contributed by atoms with Crippen LogP contribution in [0.2, 0.25) is 5.02 Å². The van der Waals surface area contributed by atoms with Crippen LogP contribution in [0.15, 0.2) is 24.3 Å². The number of benzene rings is 1. The van der Waals surface area contributed by atoms with E-state index in [4.69, 9.17) is 11.6 Å². The normalized spacial score (nSPS) is 10.3. The van der Waals surface area contributed by atoms with Crippen LogP contribution in [0, 0.1) is 10.1 Å². The molecule has 0 saturated heterocycles. The van der Waals surface area contributed by atoms with Crippen molar-refractivity contribution in [3.05, 3.63) is 50.7 Å². The largest absolute Gasteiger partial charge is 0.305 e. The molecule has 0 bridgehead atoms. The number of halogens is 1. The first-order valence-corrected chi connectivity index (χ1v) is 6.19. The average Bonchev–Trinajstić information content (AvgIpc) is 2.85. The van der Waals surface area contributed by atoms with Crippen molar-refractivity contribution < 1.29 is 9.72 Å². The number of rotatable bonds is 4. The fraction of sp³-hybridized carbons (Fsp3) is 0.167. The second kappa shape index (κ2) is 5.70. The maximum absolute atomic E-state index is 12.1. The molecule has 104 valence electrons. The molecule has 0 fully saturated rings. The van der Waals surface area contributed by atoms with E-state index in [0.717, 1.165) is 12.1 Å². The number of aromatic nitrogens is 2. The molecule has 0 aliphatic carbocycles. The van der Waals surface area contributed by atoms with Gasteiger partial charge < -0.3 is 5.32 Å². The highest BCUT2D eigenvalue weighted by Crippen LogP contribution is 2.28. The highest BCUT2D eigenvalue weighted by Gasteiger charge is 2.23. The van der Waals surface area contributed by atoms with Crippen molar-refractivity contribution in [3.63, 3.8) is 0 Å². The quantitative estimate of drug-likeness (QED) is 0.668.